The number of ether oxygens (including phenoxy) is 1. The molecule has 1 aromatic heterocycles. The molecule has 2 rings (SSSR count). The van der Waals surface area contributed by atoms with Crippen molar-refractivity contribution in [1.82, 2.24) is 14.9 Å². The Morgan fingerprint density at radius 1 is 1.55 bits per heavy atom. The molecule has 0 atom stereocenters. The molecular weight excluding hydrogens is 283 g/mol. The number of nitrogens with zero attached hydrogens (tertiary/aromatic N) is 3. The molecule has 0 saturated heterocycles. The molecule has 1 N–H and O–H groups in total. The van der Waals surface area contributed by atoms with Crippen molar-refractivity contribution in [3.8, 4) is 5.75 Å². The maximum Gasteiger partial charge on any atom is 0.296 e. The highest BCUT2D eigenvalue weighted by molar-refractivity contribution is 7.71. The van der Waals surface area contributed by atoms with Crippen LogP contribution in [0.15, 0.2) is 28.1 Å². The van der Waals surface area contributed by atoms with E-state index in [0.29, 0.717) is 5.56 Å². The molecular formula is C12H11FN4O2S. The summed E-state index contributed by atoms with van der Waals surface area (Å²) in [4.78, 5) is 11.8. The number of aromatic nitrogens is 3. The number of nitrogens with one attached hydrogen (secondary N) is 1. The molecule has 8 heteroatoms. The third-order valence-corrected chi connectivity index (χ3v) is 2.78. The van der Waals surface area contributed by atoms with Gasteiger partial charge in [0.05, 0.1) is 13.3 Å². The standard InChI is InChI=1S/C12H11FN4O2S/c1-7-11(18)17(12(20)16-15-7)14-6-8-3-4-10(19-2)9(13)5-8/h3-6H,1-2H3,(H,16,20)/b14-6-. The van der Waals surface area contributed by atoms with Crippen molar-refractivity contribution >= 4 is 18.4 Å². The average Bonchev–Trinajstić information content (AvgIpc) is 2.43. The first kappa shape index (κ1) is 14.1. The van der Waals surface area contributed by atoms with Gasteiger partial charge in [-0.3, -0.25) is 9.89 Å². The summed E-state index contributed by atoms with van der Waals surface area (Å²) < 4.78 is 19.4. The number of hydrogen-bond acceptors (Lipinski definition) is 5. The number of rotatable bonds is 3. The lowest BCUT2D eigenvalue weighted by molar-refractivity contribution is 0.386. The summed E-state index contributed by atoms with van der Waals surface area (Å²) in [5, 5.41) is 10.1. The molecule has 0 saturated carbocycles. The first-order valence-corrected chi connectivity index (χ1v) is 6.00. The van der Waals surface area contributed by atoms with E-state index in [2.05, 4.69) is 15.3 Å². The van der Waals surface area contributed by atoms with Gasteiger partial charge in [0, 0.05) is 0 Å². The second-order valence-electron chi connectivity index (χ2n) is 3.87. The summed E-state index contributed by atoms with van der Waals surface area (Å²) in [7, 11) is 1.38. The minimum Gasteiger partial charge on any atom is -0.494 e. The van der Waals surface area contributed by atoms with Crippen LogP contribution in [-0.2, 0) is 0 Å². The fraction of sp³-hybridized carbons (Fsp3) is 0.167. The van der Waals surface area contributed by atoms with Gasteiger partial charge in [0.15, 0.2) is 11.6 Å². The molecule has 0 bridgehead atoms. The lowest BCUT2D eigenvalue weighted by Gasteiger charge is -2.02. The van der Waals surface area contributed by atoms with Gasteiger partial charge in [-0.25, -0.2) is 4.39 Å². The van der Waals surface area contributed by atoms with Crippen LogP contribution in [0.3, 0.4) is 0 Å². The van der Waals surface area contributed by atoms with Crippen molar-refractivity contribution in [3.05, 3.63) is 50.4 Å². The zero-order valence-corrected chi connectivity index (χ0v) is 11.6. The molecule has 0 unspecified atom stereocenters. The van der Waals surface area contributed by atoms with Crippen molar-refractivity contribution < 1.29 is 9.13 Å². The predicted molar refractivity (Wildman–Crippen MR) is 74.4 cm³/mol. The SMILES string of the molecule is COc1ccc(/C=N\n2c(=S)[nH]nc(C)c2=O)cc1F. The minimum absolute atomic E-state index is 0.0610. The van der Waals surface area contributed by atoms with Gasteiger partial charge in [-0.15, -0.1) is 0 Å². The molecule has 0 aliphatic rings. The molecule has 0 aliphatic carbocycles. The minimum atomic E-state index is -0.514. The number of methoxy groups -OCH3 is 1. The van der Waals surface area contributed by atoms with Crippen molar-refractivity contribution in [2.45, 2.75) is 6.92 Å². The van der Waals surface area contributed by atoms with E-state index in [1.54, 1.807) is 6.07 Å². The number of aromatic amines is 1. The summed E-state index contributed by atoms with van der Waals surface area (Å²) in [5.74, 6) is -0.378. The second kappa shape index (κ2) is 5.74. The van der Waals surface area contributed by atoms with Crippen LogP contribution < -0.4 is 10.3 Å². The van der Waals surface area contributed by atoms with Crippen molar-refractivity contribution in [3.63, 3.8) is 0 Å². The molecule has 0 amide bonds. The highest BCUT2D eigenvalue weighted by Gasteiger charge is 2.03. The van der Waals surface area contributed by atoms with Gasteiger partial charge in [0.2, 0.25) is 4.77 Å². The van der Waals surface area contributed by atoms with E-state index >= 15 is 0 Å². The van der Waals surface area contributed by atoms with Crippen LogP contribution in [-0.4, -0.2) is 28.2 Å². The molecule has 20 heavy (non-hydrogen) atoms. The van der Waals surface area contributed by atoms with E-state index < -0.39 is 11.4 Å². The van der Waals surface area contributed by atoms with Crippen LogP contribution in [0.25, 0.3) is 0 Å². The van der Waals surface area contributed by atoms with Gasteiger partial charge in [0.25, 0.3) is 5.56 Å². The molecule has 1 heterocycles. The van der Waals surface area contributed by atoms with E-state index in [0.717, 1.165) is 4.68 Å². The Bertz CT molecular complexity index is 782. The summed E-state index contributed by atoms with van der Waals surface area (Å²) in [6.45, 7) is 1.53. The van der Waals surface area contributed by atoms with E-state index in [1.807, 2.05) is 0 Å². The summed E-state index contributed by atoms with van der Waals surface area (Å²) in [6, 6.07) is 4.32. The highest BCUT2D eigenvalue weighted by Crippen LogP contribution is 2.16. The first-order valence-electron chi connectivity index (χ1n) is 5.59. The first-order chi connectivity index (χ1) is 9.52. The topological polar surface area (TPSA) is 72.3 Å². The lowest BCUT2D eigenvalue weighted by atomic mass is 10.2. The average molecular weight is 294 g/mol. The number of benzene rings is 1. The third kappa shape index (κ3) is 2.80. The Morgan fingerprint density at radius 3 is 2.95 bits per heavy atom. The van der Waals surface area contributed by atoms with Gasteiger partial charge in [-0.05, 0) is 42.9 Å². The van der Waals surface area contributed by atoms with Crippen LogP contribution in [0.4, 0.5) is 4.39 Å². The molecule has 1 aromatic carbocycles. The van der Waals surface area contributed by atoms with E-state index in [4.69, 9.17) is 17.0 Å². The van der Waals surface area contributed by atoms with Crippen LogP contribution in [0.1, 0.15) is 11.3 Å². The van der Waals surface area contributed by atoms with Gasteiger partial charge < -0.3 is 4.74 Å². The Labute approximate surface area is 118 Å². The Morgan fingerprint density at radius 2 is 2.30 bits per heavy atom. The fourth-order valence-electron chi connectivity index (χ4n) is 1.46. The molecule has 2 aromatic rings. The second-order valence-corrected chi connectivity index (χ2v) is 4.26. The Kier molecular flexibility index (Phi) is 4.04. The van der Waals surface area contributed by atoms with Gasteiger partial charge >= 0.3 is 0 Å². The molecule has 0 radical (unpaired) electrons. The number of halogens is 1. The van der Waals surface area contributed by atoms with Crippen LogP contribution >= 0.6 is 12.2 Å². The third-order valence-electron chi connectivity index (χ3n) is 2.51. The molecule has 6 nitrogen and oxygen atoms in total. The zero-order valence-electron chi connectivity index (χ0n) is 10.8. The van der Waals surface area contributed by atoms with Crippen LogP contribution in [0.2, 0.25) is 0 Å². The largest absolute Gasteiger partial charge is 0.494 e. The normalized spacial score (nSPS) is 10.9. The summed E-state index contributed by atoms with van der Waals surface area (Å²) in [6.07, 6.45) is 1.33. The molecule has 0 aliphatic heterocycles. The van der Waals surface area contributed by atoms with Crippen LogP contribution in [0.5, 0.6) is 5.75 Å². The predicted octanol–water partition coefficient (Wildman–Crippen LogP) is 1.64. The maximum atomic E-state index is 13.5. The quantitative estimate of drug-likeness (QED) is 0.690. The van der Waals surface area contributed by atoms with Gasteiger partial charge in [-0.1, -0.05) is 0 Å². The van der Waals surface area contributed by atoms with E-state index in [-0.39, 0.29) is 16.2 Å². The van der Waals surface area contributed by atoms with Gasteiger partial charge in [-0.2, -0.15) is 14.9 Å². The molecule has 104 valence electrons. The lowest BCUT2D eigenvalue weighted by Crippen LogP contribution is -2.22. The summed E-state index contributed by atoms with van der Waals surface area (Å²) >= 11 is 4.92. The fourth-order valence-corrected chi connectivity index (χ4v) is 1.64. The molecule has 0 fully saturated rings. The zero-order chi connectivity index (χ0) is 14.7. The Balaban J connectivity index is 2.40. The van der Waals surface area contributed by atoms with Crippen molar-refractivity contribution in [2.24, 2.45) is 5.10 Å². The number of H-pyrrole nitrogens is 1. The Hall–Kier alpha value is -2.35. The smallest absolute Gasteiger partial charge is 0.296 e. The van der Waals surface area contributed by atoms with E-state index in [9.17, 15) is 9.18 Å². The molecule has 0 spiro atoms. The van der Waals surface area contributed by atoms with Crippen molar-refractivity contribution in [2.75, 3.05) is 7.11 Å². The number of hydrogen-bond donors (Lipinski definition) is 1. The summed E-state index contributed by atoms with van der Waals surface area (Å²) in [5.41, 5.74) is 0.273. The van der Waals surface area contributed by atoms with Gasteiger partial charge in [0.1, 0.15) is 5.69 Å². The van der Waals surface area contributed by atoms with Crippen molar-refractivity contribution in [1.29, 1.82) is 0 Å². The number of aryl methyl sites for hydroxylation is 1. The monoisotopic (exact) mass is 294 g/mol. The highest BCUT2D eigenvalue weighted by atomic mass is 32.1. The van der Waals surface area contributed by atoms with E-state index in [1.165, 1.54) is 32.4 Å². The van der Waals surface area contributed by atoms with Crippen LogP contribution in [0, 0.1) is 17.5 Å². The maximum absolute atomic E-state index is 13.5.